The van der Waals surface area contributed by atoms with Gasteiger partial charge in [-0.25, -0.2) is 0 Å². The molecule has 0 aliphatic heterocycles. The summed E-state index contributed by atoms with van der Waals surface area (Å²) in [7, 11) is 1.62. The molecule has 0 heterocycles. The van der Waals surface area contributed by atoms with Crippen LogP contribution < -0.4 is 10.1 Å². The first-order chi connectivity index (χ1) is 11.1. The minimum atomic E-state index is -0.860. The minimum absolute atomic E-state index is 0.0478. The fraction of sp³-hybridized carbons (Fsp3) is 0.222. The van der Waals surface area contributed by atoms with Crippen LogP contribution in [0.2, 0.25) is 0 Å². The number of carbonyl (C=O) groups is 2. The van der Waals surface area contributed by atoms with Gasteiger partial charge in [-0.2, -0.15) is 0 Å². The lowest BCUT2D eigenvalue weighted by molar-refractivity contribution is -0.137. The molecule has 2 rings (SSSR count). The van der Waals surface area contributed by atoms with Crippen LogP contribution in [-0.2, 0) is 4.79 Å². The highest BCUT2D eigenvalue weighted by Crippen LogP contribution is 2.23. The number of carboxylic acids is 1. The van der Waals surface area contributed by atoms with Crippen molar-refractivity contribution in [3.05, 3.63) is 54.1 Å². The summed E-state index contributed by atoms with van der Waals surface area (Å²) in [4.78, 5) is 22.5. The summed E-state index contributed by atoms with van der Waals surface area (Å²) in [6.45, 7) is 0.345. The average Bonchev–Trinajstić information content (AvgIpc) is 2.58. The number of ether oxygens (including phenoxy) is 1. The zero-order chi connectivity index (χ0) is 16.7. The van der Waals surface area contributed by atoms with Crippen LogP contribution in [0.15, 0.2) is 48.5 Å². The molecule has 0 aliphatic rings. The van der Waals surface area contributed by atoms with E-state index < -0.39 is 5.97 Å². The first kappa shape index (κ1) is 16.5. The van der Waals surface area contributed by atoms with E-state index in [1.54, 1.807) is 13.2 Å². The first-order valence-electron chi connectivity index (χ1n) is 7.34. The minimum Gasteiger partial charge on any atom is -0.497 e. The van der Waals surface area contributed by atoms with Crippen LogP contribution in [-0.4, -0.2) is 30.6 Å². The zero-order valence-electron chi connectivity index (χ0n) is 12.9. The van der Waals surface area contributed by atoms with Crippen molar-refractivity contribution in [1.29, 1.82) is 0 Å². The first-order valence-corrected chi connectivity index (χ1v) is 7.34. The number of nitrogens with one attached hydrogen (secondary N) is 1. The van der Waals surface area contributed by atoms with Gasteiger partial charge in [-0.3, -0.25) is 9.59 Å². The van der Waals surface area contributed by atoms with Gasteiger partial charge in [-0.15, -0.1) is 0 Å². The Morgan fingerprint density at radius 1 is 1.09 bits per heavy atom. The Hall–Kier alpha value is -2.82. The molecule has 2 N–H and O–H groups in total. The Morgan fingerprint density at radius 3 is 2.48 bits per heavy atom. The van der Waals surface area contributed by atoms with Gasteiger partial charge >= 0.3 is 5.97 Å². The predicted octanol–water partition coefficient (Wildman–Crippen LogP) is 2.96. The molecule has 0 bridgehead atoms. The fourth-order valence-electron chi connectivity index (χ4n) is 2.17. The summed E-state index contributed by atoms with van der Waals surface area (Å²) < 4.78 is 5.13. The zero-order valence-corrected chi connectivity index (χ0v) is 12.9. The largest absolute Gasteiger partial charge is 0.497 e. The van der Waals surface area contributed by atoms with Crippen LogP contribution in [0.4, 0.5) is 0 Å². The monoisotopic (exact) mass is 313 g/mol. The van der Waals surface area contributed by atoms with E-state index in [1.807, 2.05) is 42.5 Å². The summed E-state index contributed by atoms with van der Waals surface area (Å²) in [5, 5.41) is 11.3. The van der Waals surface area contributed by atoms with E-state index in [0.717, 1.165) is 16.9 Å². The standard InChI is InChI=1S/C18H19NO4/c1-23-16-9-7-13(8-10-16)14-4-2-5-15(12-14)18(22)19-11-3-6-17(20)21/h2,4-5,7-10,12H,3,6,11H2,1H3,(H,19,22)(H,20,21). The molecule has 120 valence electrons. The molecule has 2 aromatic carbocycles. The summed E-state index contributed by atoms with van der Waals surface area (Å²) in [5.41, 5.74) is 2.48. The van der Waals surface area contributed by atoms with Crippen molar-refractivity contribution >= 4 is 11.9 Å². The molecule has 1 amide bonds. The summed E-state index contributed by atoms with van der Waals surface area (Å²) in [5.74, 6) is -0.285. The topological polar surface area (TPSA) is 75.6 Å². The molecule has 0 saturated carbocycles. The van der Waals surface area contributed by atoms with Crippen molar-refractivity contribution < 1.29 is 19.4 Å². The van der Waals surface area contributed by atoms with Gasteiger partial charge in [-0.1, -0.05) is 24.3 Å². The van der Waals surface area contributed by atoms with Gasteiger partial charge in [0.25, 0.3) is 5.91 Å². The number of hydrogen-bond donors (Lipinski definition) is 2. The molecule has 0 atom stereocenters. The van der Waals surface area contributed by atoms with E-state index in [-0.39, 0.29) is 12.3 Å². The normalized spacial score (nSPS) is 10.1. The number of carbonyl (C=O) groups excluding carboxylic acids is 1. The van der Waals surface area contributed by atoms with E-state index in [0.29, 0.717) is 18.5 Å². The van der Waals surface area contributed by atoms with Gasteiger partial charge in [0.05, 0.1) is 7.11 Å². The van der Waals surface area contributed by atoms with Crippen LogP contribution in [0.25, 0.3) is 11.1 Å². The molecule has 23 heavy (non-hydrogen) atoms. The second-order valence-electron chi connectivity index (χ2n) is 5.06. The number of hydrogen-bond acceptors (Lipinski definition) is 3. The Kier molecular flexibility index (Phi) is 5.74. The van der Waals surface area contributed by atoms with Crippen LogP contribution in [0, 0.1) is 0 Å². The summed E-state index contributed by atoms with van der Waals surface area (Å²) in [6, 6.07) is 14.9. The Labute approximate surface area is 134 Å². The van der Waals surface area contributed by atoms with Crippen molar-refractivity contribution in [1.82, 2.24) is 5.32 Å². The maximum atomic E-state index is 12.1. The second-order valence-corrected chi connectivity index (χ2v) is 5.06. The van der Waals surface area contributed by atoms with E-state index >= 15 is 0 Å². The lowest BCUT2D eigenvalue weighted by Gasteiger charge is -2.07. The number of methoxy groups -OCH3 is 1. The van der Waals surface area contributed by atoms with Gasteiger partial charge in [0.1, 0.15) is 5.75 Å². The quantitative estimate of drug-likeness (QED) is 0.771. The molecule has 2 aromatic rings. The maximum Gasteiger partial charge on any atom is 0.303 e. The third-order valence-electron chi connectivity index (χ3n) is 3.40. The smallest absolute Gasteiger partial charge is 0.303 e. The molecule has 0 spiro atoms. The molecule has 0 saturated heterocycles. The lowest BCUT2D eigenvalue weighted by atomic mass is 10.0. The van der Waals surface area contributed by atoms with Gasteiger partial charge in [-0.05, 0) is 41.8 Å². The van der Waals surface area contributed by atoms with Crippen LogP contribution >= 0.6 is 0 Å². The van der Waals surface area contributed by atoms with Crippen molar-refractivity contribution in [2.75, 3.05) is 13.7 Å². The van der Waals surface area contributed by atoms with Crippen molar-refractivity contribution in [3.63, 3.8) is 0 Å². The molecule has 0 radical (unpaired) electrons. The molecule has 0 aliphatic carbocycles. The molecule has 5 heteroatoms. The van der Waals surface area contributed by atoms with Crippen molar-refractivity contribution in [2.24, 2.45) is 0 Å². The second kappa shape index (κ2) is 7.98. The summed E-state index contributed by atoms with van der Waals surface area (Å²) in [6.07, 6.45) is 0.464. The van der Waals surface area contributed by atoms with Gasteiger partial charge < -0.3 is 15.2 Å². The molecule has 0 unspecified atom stereocenters. The molecular weight excluding hydrogens is 294 g/mol. The molecule has 0 fully saturated rings. The van der Waals surface area contributed by atoms with Gasteiger partial charge in [0.2, 0.25) is 0 Å². The van der Waals surface area contributed by atoms with E-state index in [1.165, 1.54) is 0 Å². The van der Waals surface area contributed by atoms with Crippen LogP contribution in [0.3, 0.4) is 0 Å². The highest BCUT2D eigenvalue weighted by atomic mass is 16.5. The number of rotatable bonds is 7. The Morgan fingerprint density at radius 2 is 1.83 bits per heavy atom. The molecule has 0 aromatic heterocycles. The Bertz CT molecular complexity index is 680. The fourth-order valence-corrected chi connectivity index (χ4v) is 2.17. The predicted molar refractivity (Wildman–Crippen MR) is 87.6 cm³/mol. The Balaban J connectivity index is 2.03. The van der Waals surface area contributed by atoms with Gasteiger partial charge in [0.15, 0.2) is 0 Å². The molecule has 5 nitrogen and oxygen atoms in total. The van der Waals surface area contributed by atoms with E-state index in [9.17, 15) is 9.59 Å². The number of carboxylic acid groups (broad SMARTS) is 1. The lowest BCUT2D eigenvalue weighted by Crippen LogP contribution is -2.24. The number of aliphatic carboxylic acids is 1. The van der Waals surface area contributed by atoms with Crippen molar-refractivity contribution in [3.8, 4) is 16.9 Å². The van der Waals surface area contributed by atoms with E-state index in [4.69, 9.17) is 9.84 Å². The molecular formula is C18H19NO4. The van der Waals surface area contributed by atoms with Crippen molar-refractivity contribution in [2.45, 2.75) is 12.8 Å². The highest BCUT2D eigenvalue weighted by Gasteiger charge is 2.07. The van der Waals surface area contributed by atoms with Crippen LogP contribution in [0.5, 0.6) is 5.75 Å². The SMILES string of the molecule is COc1ccc(-c2cccc(C(=O)NCCCC(=O)O)c2)cc1. The summed E-state index contributed by atoms with van der Waals surface area (Å²) >= 11 is 0. The highest BCUT2D eigenvalue weighted by molar-refractivity contribution is 5.95. The van der Waals surface area contributed by atoms with E-state index in [2.05, 4.69) is 5.32 Å². The maximum absolute atomic E-state index is 12.1. The number of benzene rings is 2. The average molecular weight is 313 g/mol. The van der Waals surface area contributed by atoms with Gasteiger partial charge in [0, 0.05) is 18.5 Å². The van der Waals surface area contributed by atoms with Crippen LogP contribution in [0.1, 0.15) is 23.2 Å². The third kappa shape index (κ3) is 4.85. The third-order valence-corrected chi connectivity index (χ3v) is 3.40. The number of amides is 1.